The van der Waals surface area contributed by atoms with Gasteiger partial charge in [0.2, 0.25) is 5.91 Å². The fourth-order valence-electron chi connectivity index (χ4n) is 2.59. The molecule has 0 fully saturated rings. The van der Waals surface area contributed by atoms with Gasteiger partial charge in [0.1, 0.15) is 12.4 Å². The number of nitrogens with one attached hydrogen (secondary N) is 2. The van der Waals surface area contributed by atoms with Crippen LogP contribution in [0.25, 0.3) is 0 Å². The average molecular weight is 466 g/mol. The third-order valence-corrected chi connectivity index (χ3v) is 4.66. The first-order valence-electron chi connectivity index (χ1n) is 9.18. The van der Waals surface area contributed by atoms with E-state index in [1.807, 2.05) is 48.5 Å². The molecule has 3 aromatic carbocycles. The van der Waals surface area contributed by atoms with Gasteiger partial charge in [-0.05, 0) is 69.5 Å². The molecule has 0 heterocycles. The summed E-state index contributed by atoms with van der Waals surface area (Å²) in [6.45, 7) is 1.90. The summed E-state index contributed by atoms with van der Waals surface area (Å²) in [6, 6.07) is 22.0. The number of benzene rings is 3. The highest BCUT2D eigenvalue weighted by atomic mass is 79.9. The van der Waals surface area contributed by atoms with Gasteiger partial charge in [0.25, 0.3) is 5.91 Å². The van der Waals surface area contributed by atoms with Gasteiger partial charge in [0.05, 0.1) is 10.7 Å². The van der Waals surface area contributed by atoms with E-state index in [9.17, 15) is 9.59 Å². The minimum Gasteiger partial charge on any atom is -0.488 e. The Morgan fingerprint density at radius 2 is 1.77 bits per heavy atom. The van der Waals surface area contributed by atoms with Gasteiger partial charge in [-0.1, -0.05) is 30.3 Å². The maximum absolute atomic E-state index is 12.2. The Morgan fingerprint density at radius 1 is 1.03 bits per heavy atom. The highest BCUT2D eigenvalue weighted by molar-refractivity contribution is 9.10. The van der Waals surface area contributed by atoms with Gasteiger partial charge in [0, 0.05) is 18.2 Å². The molecule has 0 aromatic heterocycles. The van der Waals surface area contributed by atoms with Crippen molar-refractivity contribution in [3.05, 3.63) is 94.0 Å². The van der Waals surface area contributed by atoms with Crippen molar-refractivity contribution >= 4 is 39.6 Å². The van der Waals surface area contributed by atoms with Gasteiger partial charge in [-0.3, -0.25) is 9.59 Å². The van der Waals surface area contributed by atoms with Crippen molar-refractivity contribution in [3.63, 3.8) is 0 Å². The van der Waals surface area contributed by atoms with Crippen LogP contribution in [-0.4, -0.2) is 18.0 Å². The Balaban J connectivity index is 1.54. The normalized spacial score (nSPS) is 10.6. The molecule has 0 saturated carbocycles. The number of hydrazone groups is 1. The summed E-state index contributed by atoms with van der Waals surface area (Å²) < 4.78 is 6.62. The predicted octanol–water partition coefficient (Wildman–Crippen LogP) is 4.75. The van der Waals surface area contributed by atoms with Crippen LogP contribution in [0.15, 0.2) is 82.4 Å². The minimum atomic E-state index is -0.345. The fourth-order valence-corrected chi connectivity index (χ4v) is 3.10. The number of hydrogen-bond donors (Lipinski definition) is 2. The summed E-state index contributed by atoms with van der Waals surface area (Å²) in [7, 11) is 0. The van der Waals surface area contributed by atoms with E-state index in [4.69, 9.17) is 4.74 Å². The first-order valence-corrected chi connectivity index (χ1v) is 9.98. The van der Waals surface area contributed by atoms with E-state index >= 15 is 0 Å². The van der Waals surface area contributed by atoms with Crippen LogP contribution in [0.3, 0.4) is 0 Å². The second-order valence-corrected chi connectivity index (χ2v) is 7.28. The van der Waals surface area contributed by atoms with Gasteiger partial charge in [-0.25, -0.2) is 5.43 Å². The zero-order chi connectivity index (χ0) is 21.3. The van der Waals surface area contributed by atoms with E-state index in [0.717, 1.165) is 21.3 Å². The van der Waals surface area contributed by atoms with Gasteiger partial charge >= 0.3 is 0 Å². The lowest BCUT2D eigenvalue weighted by Gasteiger charge is -2.09. The number of anilines is 1. The number of hydrogen-bond acceptors (Lipinski definition) is 4. The van der Waals surface area contributed by atoms with Crippen LogP contribution in [-0.2, 0) is 11.4 Å². The van der Waals surface area contributed by atoms with Crippen molar-refractivity contribution in [2.45, 2.75) is 13.5 Å². The molecule has 6 nitrogen and oxygen atoms in total. The number of nitrogens with zero attached hydrogens (tertiary/aromatic N) is 1. The second-order valence-electron chi connectivity index (χ2n) is 6.42. The standard InChI is InChI=1S/C23H20BrN3O3/c1-16(28)26-20-10-8-19(9-11-20)23(29)27-25-14-18-7-12-22(21(24)13-18)30-15-17-5-3-2-4-6-17/h2-14H,15H2,1H3,(H,26,28)(H,27,29)/b25-14-. The molecule has 3 aromatic rings. The quantitative estimate of drug-likeness (QED) is 0.390. The van der Waals surface area contributed by atoms with Crippen molar-refractivity contribution in [1.29, 1.82) is 0 Å². The van der Waals surface area contributed by atoms with E-state index in [2.05, 4.69) is 31.8 Å². The van der Waals surface area contributed by atoms with E-state index in [1.54, 1.807) is 30.5 Å². The maximum atomic E-state index is 12.2. The number of rotatable bonds is 7. The third-order valence-electron chi connectivity index (χ3n) is 4.04. The number of carbonyl (C=O) groups is 2. The number of halogens is 1. The van der Waals surface area contributed by atoms with Gasteiger partial charge in [-0.15, -0.1) is 0 Å². The first-order chi connectivity index (χ1) is 14.5. The lowest BCUT2D eigenvalue weighted by molar-refractivity contribution is -0.114. The molecule has 0 bridgehead atoms. The van der Waals surface area contributed by atoms with Gasteiger partial charge < -0.3 is 10.1 Å². The summed E-state index contributed by atoms with van der Waals surface area (Å²) in [5.41, 5.74) is 5.44. The van der Waals surface area contributed by atoms with Crippen LogP contribution in [0.1, 0.15) is 28.4 Å². The van der Waals surface area contributed by atoms with Crippen molar-refractivity contribution in [2.24, 2.45) is 5.10 Å². The maximum Gasteiger partial charge on any atom is 0.271 e. The molecule has 0 saturated heterocycles. The molecule has 152 valence electrons. The predicted molar refractivity (Wildman–Crippen MR) is 121 cm³/mol. The van der Waals surface area contributed by atoms with Crippen LogP contribution in [0.5, 0.6) is 5.75 Å². The molecule has 3 rings (SSSR count). The molecule has 2 amide bonds. The molecule has 30 heavy (non-hydrogen) atoms. The average Bonchev–Trinajstić information content (AvgIpc) is 2.74. The second kappa shape index (κ2) is 10.4. The molecule has 2 N–H and O–H groups in total. The van der Waals surface area contributed by atoms with Crippen molar-refractivity contribution in [1.82, 2.24) is 5.43 Å². The lowest BCUT2D eigenvalue weighted by Crippen LogP contribution is -2.17. The van der Waals surface area contributed by atoms with E-state index in [-0.39, 0.29) is 11.8 Å². The largest absolute Gasteiger partial charge is 0.488 e. The molecule has 7 heteroatoms. The molecule has 0 spiro atoms. The molecule has 0 atom stereocenters. The molecule has 0 aliphatic rings. The SMILES string of the molecule is CC(=O)Nc1ccc(C(=O)N/N=C\c2ccc(OCc3ccccc3)c(Br)c2)cc1. The molecule has 0 aliphatic carbocycles. The monoisotopic (exact) mass is 465 g/mol. The zero-order valence-electron chi connectivity index (χ0n) is 16.3. The fraction of sp³-hybridized carbons (Fsp3) is 0.0870. The summed E-state index contributed by atoms with van der Waals surface area (Å²) in [4.78, 5) is 23.2. The molecule has 0 unspecified atom stereocenters. The van der Waals surface area contributed by atoms with E-state index in [1.165, 1.54) is 6.92 Å². The molecular weight excluding hydrogens is 446 g/mol. The van der Waals surface area contributed by atoms with E-state index < -0.39 is 0 Å². The Labute approximate surface area is 183 Å². The summed E-state index contributed by atoms with van der Waals surface area (Å²) >= 11 is 3.50. The lowest BCUT2D eigenvalue weighted by atomic mass is 10.2. The topological polar surface area (TPSA) is 79.8 Å². The van der Waals surface area contributed by atoms with Crippen LogP contribution >= 0.6 is 15.9 Å². The number of ether oxygens (including phenoxy) is 1. The van der Waals surface area contributed by atoms with Crippen molar-refractivity contribution in [3.8, 4) is 5.75 Å². The number of carbonyl (C=O) groups excluding carboxylic acids is 2. The minimum absolute atomic E-state index is 0.167. The van der Waals surface area contributed by atoms with Crippen LogP contribution in [0, 0.1) is 0 Å². The zero-order valence-corrected chi connectivity index (χ0v) is 17.8. The highest BCUT2D eigenvalue weighted by Crippen LogP contribution is 2.26. The highest BCUT2D eigenvalue weighted by Gasteiger charge is 2.05. The molecular formula is C23H20BrN3O3. The first kappa shape index (κ1) is 21.3. The van der Waals surface area contributed by atoms with Crippen molar-refractivity contribution < 1.29 is 14.3 Å². The summed E-state index contributed by atoms with van der Waals surface area (Å²) in [6.07, 6.45) is 1.55. The van der Waals surface area contributed by atoms with Crippen LogP contribution < -0.4 is 15.5 Å². The van der Waals surface area contributed by atoms with Gasteiger partial charge in [-0.2, -0.15) is 5.10 Å². The summed E-state index contributed by atoms with van der Waals surface area (Å²) in [5.74, 6) is 0.209. The van der Waals surface area contributed by atoms with Crippen molar-refractivity contribution in [2.75, 3.05) is 5.32 Å². The van der Waals surface area contributed by atoms with Gasteiger partial charge in [0.15, 0.2) is 0 Å². The third kappa shape index (κ3) is 6.28. The Hall–Kier alpha value is -3.45. The number of amides is 2. The van der Waals surface area contributed by atoms with E-state index in [0.29, 0.717) is 17.9 Å². The van der Waals surface area contributed by atoms with Crippen LogP contribution in [0.4, 0.5) is 5.69 Å². The molecule has 0 radical (unpaired) electrons. The Bertz CT molecular complexity index is 1050. The summed E-state index contributed by atoms with van der Waals surface area (Å²) in [5, 5.41) is 6.65. The Kier molecular flexibility index (Phi) is 7.34. The van der Waals surface area contributed by atoms with Crippen LogP contribution in [0.2, 0.25) is 0 Å². The molecule has 0 aliphatic heterocycles. The Morgan fingerprint density at radius 3 is 2.43 bits per heavy atom. The smallest absolute Gasteiger partial charge is 0.271 e.